The van der Waals surface area contributed by atoms with Crippen molar-refractivity contribution in [3.05, 3.63) is 29.8 Å². The van der Waals surface area contributed by atoms with Gasteiger partial charge in [0.2, 0.25) is 11.8 Å². The molecule has 0 unspecified atom stereocenters. The summed E-state index contributed by atoms with van der Waals surface area (Å²) in [5.74, 6) is -0.490. The van der Waals surface area contributed by atoms with Gasteiger partial charge >= 0.3 is 6.03 Å². The fourth-order valence-electron chi connectivity index (χ4n) is 2.47. The van der Waals surface area contributed by atoms with Gasteiger partial charge in [0.15, 0.2) is 0 Å². The Hall–Kier alpha value is -2.41. The van der Waals surface area contributed by atoms with Crippen molar-refractivity contribution in [1.82, 2.24) is 15.1 Å². The second-order valence-corrected chi connectivity index (χ2v) is 5.51. The molecule has 1 aromatic carbocycles. The SMILES string of the molecule is CCc1ccccc1NC(=O)CN(C)CC(=O)N1CCNC1=O. The van der Waals surface area contributed by atoms with Crippen LogP contribution in [0.5, 0.6) is 0 Å². The van der Waals surface area contributed by atoms with Crippen LogP contribution in [-0.4, -0.2) is 60.9 Å². The standard InChI is InChI=1S/C16H22N4O3/c1-3-12-6-4-5-7-13(12)18-14(21)10-19(2)11-15(22)20-9-8-17-16(20)23/h4-7H,3,8-11H2,1-2H3,(H,17,23)(H,18,21). The molecule has 7 heteroatoms. The first kappa shape index (κ1) is 17.0. The summed E-state index contributed by atoms with van der Waals surface area (Å²) in [5, 5.41) is 5.44. The Labute approximate surface area is 135 Å². The number of para-hydroxylation sites is 1. The first-order valence-electron chi connectivity index (χ1n) is 7.65. The number of carbonyl (C=O) groups excluding carboxylic acids is 3. The predicted octanol–water partition coefficient (Wildman–Crippen LogP) is 0.671. The van der Waals surface area contributed by atoms with E-state index in [2.05, 4.69) is 10.6 Å². The highest BCUT2D eigenvalue weighted by Gasteiger charge is 2.26. The fraction of sp³-hybridized carbons (Fsp3) is 0.438. The minimum absolute atomic E-state index is 0.0241. The lowest BCUT2D eigenvalue weighted by Gasteiger charge is -2.19. The van der Waals surface area contributed by atoms with Gasteiger partial charge in [-0.3, -0.25) is 19.4 Å². The summed E-state index contributed by atoms with van der Waals surface area (Å²) >= 11 is 0. The van der Waals surface area contributed by atoms with Gasteiger partial charge in [-0.1, -0.05) is 25.1 Å². The van der Waals surface area contributed by atoms with Gasteiger partial charge < -0.3 is 10.6 Å². The highest BCUT2D eigenvalue weighted by molar-refractivity contribution is 5.97. The molecule has 124 valence electrons. The smallest absolute Gasteiger partial charge is 0.324 e. The van der Waals surface area contributed by atoms with Crippen LogP contribution in [0.4, 0.5) is 10.5 Å². The Bertz CT molecular complexity index is 603. The molecule has 1 aliphatic heterocycles. The molecule has 23 heavy (non-hydrogen) atoms. The molecular formula is C16H22N4O3. The minimum Gasteiger partial charge on any atom is -0.336 e. The van der Waals surface area contributed by atoms with E-state index in [9.17, 15) is 14.4 Å². The largest absolute Gasteiger partial charge is 0.336 e. The van der Waals surface area contributed by atoms with E-state index < -0.39 is 0 Å². The zero-order valence-corrected chi connectivity index (χ0v) is 13.5. The van der Waals surface area contributed by atoms with Gasteiger partial charge in [-0.05, 0) is 25.1 Å². The molecule has 2 N–H and O–H groups in total. The van der Waals surface area contributed by atoms with Crippen molar-refractivity contribution in [3.63, 3.8) is 0 Å². The number of nitrogens with zero attached hydrogens (tertiary/aromatic N) is 2. The summed E-state index contributed by atoms with van der Waals surface area (Å²) in [4.78, 5) is 38.3. The number of carbonyl (C=O) groups is 3. The van der Waals surface area contributed by atoms with Crippen LogP contribution in [-0.2, 0) is 16.0 Å². The predicted molar refractivity (Wildman–Crippen MR) is 87.1 cm³/mol. The zero-order chi connectivity index (χ0) is 16.8. The number of aryl methyl sites for hydroxylation is 1. The van der Waals surface area contributed by atoms with Gasteiger partial charge in [-0.25, -0.2) is 4.79 Å². The molecule has 1 fully saturated rings. The lowest BCUT2D eigenvalue weighted by Crippen LogP contribution is -2.42. The molecule has 0 aliphatic carbocycles. The number of hydrogen-bond acceptors (Lipinski definition) is 4. The maximum absolute atomic E-state index is 12.1. The normalized spacial score (nSPS) is 14.0. The number of urea groups is 1. The summed E-state index contributed by atoms with van der Waals surface area (Å²) < 4.78 is 0. The van der Waals surface area contributed by atoms with Gasteiger partial charge in [0.1, 0.15) is 0 Å². The number of likely N-dealkylation sites (N-methyl/N-ethyl adjacent to an activating group) is 1. The van der Waals surface area contributed by atoms with Gasteiger partial charge in [-0.2, -0.15) is 0 Å². The van der Waals surface area contributed by atoms with Crippen molar-refractivity contribution in [1.29, 1.82) is 0 Å². The Morgan fingerprint density at radius 1 is 1.30 bits per heavy atom. The summed E-state index contributed by atoms with van der Waals surface area (Å²) in [5.41, 5.74) is 1.85. The number of anilines is 1. The van der Waals surface area contributed by atoms with E-state index in [1.807, 2.05) is 31.2 Å². The number of hydrogen-bond donors (Lipinski definition) is 2. The minimum atomic E-state index is -0.371. The Kier molecular flexibility index (Phi) is 5.70. The van der Waals surface area contributed by atoms with Crippen LogP contribution < -0.4 is 10.6 Å². The molecule has 2 rings (SSSR count). The molecular weight excluding hydrogens is 296 g/mol. The lowest BCUT2D eigenvalue weighted by atomic mass is 10.1. The van der Waals surface area contributed by atoms with Crippen LogP contribution in [0.1, 0.15) is 12.5 Å². The summed E-state index contributed by atoms with van der Waals surface area (Å²) in [6.45, 7) is 2.98. The quantitative estimate of drug-likeness (QED) is 0.808. The third kappa shape index (κ3) is 4.53. The van der Waals surface area contributed by atoms with Crippen molar-refractivity contribution in [3.8, 4) is 0 Å². The zero-order valence-electron chi connectivity index (χ0n) is 13.5. The Morgan fingerprint density at radius 3 is 2.70 bits per heavy atom. The van der Waals surface area contributed by atoms with Crippen LogP contribution in [0.15, 0.2) is 24.3 Å². The average molecular weight is 318 g/mol. The molecule has 4 amide bonds. The van der Waals surface area contributed by atoms with E-state index in [1.165, 1.54) is 4.90 Å². The van der Waals surface area contributed by atoms with E-state index >= 15 is 0 Å². The second-order valence-electron chi connectivity index (χ2n) is 5.51. The maximum atomic E-state index is 12.1. The van der Waals surface area contributed by atoms with Crippen LogP contribution in [0.25, 0.3) is 0 Å². The number of nitrogens with one attached hydrogen (secondary N) is 2. The fourth-order valence-corrected chi connectivity index (χ4v) is 2.47. The van der Waals surface area contributed by atoms with Gasteiger partial charge in [0.05, 0.1) is 13.1 Å². The number of imide groups is 1. The third-order valence-corrected chi connectivity index (χ3v) is 3.65. The molecule has 1 saturated heterocycles. The molecule has 7 nitrogen and oxygen atoms in total. The lowest BCUT2D eigenvalue weighted by molar-refractivity contribution is -0.128. The summed E-state index contributed by atoms with van der Waals surface area (Å²) in [7, 11) is 1.68. The number of benzene rings is 1. The van der Waals surface area contributed by atoms with Crippen LogP contribution in [0.2, 0.25) is 0 Å². The maximum Gasteiger partial charge on any atom is 0.324 e. The third-order valence-electron chi connectivity index (χ3n) is 3.65. The van der Waals surface area contributed by atoms with E-state index in [4.69, 9.17) is 0 Å². The Morgan fingerprint density at radius 2 is 2.04 bits per heavy atom. The van der Waals surface area contributed by atoms with E-state index in [1.54, 1.807) is 11.9 Å². The first-order valence-corrected chi connectivity index (χ1v) is 7.65. The molecule has 0 aromatic heterocycles. The van der Waals surface area contributed by atoms with E-state index in [-0.39, 0.29) is 30.9 Å². The van der Waals surface area contributed by atoms with Crippen LogP contribution in [0, 0.1) is 0 Å². The topological polar surface area (TPSA) is 81.8 Å². The average Bonchev–Trinajstić information content (AvgIpc) is 2.93. The van der Waals surface area contributed by atoms with Gasteiger partial charge in [0.25, 0.3) is 0 Å². The van der Waals surface area contributed by atoms with Crippen LogP contribution in [0.3, 0.4) is 0 Å². The van der Waals surface area contributed by atoms with Crippen molar-refractivity contribution in [2.45, 2.75) is 13.3 Å². The van der Waals surface area contributed by atoms with E-state index in [0.717, 1.165) is 17.7 Å². The Balaban J connectivity index is 1.85. The molecule has 1 aliphatic rings. The number of rotatable bonds is 6. The van der Waals surface area contributed by atoms with Crippen molar-refractivity contribution in [2.24, 2.45) is 0 Å². The summed E-state index contributed by atoms with van der Waals surface area (Å²) in [6.07, 6.45) is 0.828. The number of amides is 4. The molecule has 0 atom stereocenters. The van der Waals surface area contributed by atoms with Gasteiger partial charge in [-0.15, -0.1) is 0 Å². The van der Waals surface area contributed by atoms with Crippen LogP contribution >= 0.6 is 0 Å². The molecule has 1 heterocycles. The second kappa shape index (κ2) is 7.73. The summed E-state index contributed by atoms with van der Waals surface area (Å²) in [6, 6.07) is 7.25. The van der Waals surface area contributed by atoms with Crippen molar-refractivity contribution in [2.75, 3.05) is 38.5 Å². The molecule has 1 aromatic rings. The van der Waals surface area contributed by atoms with Crippen molar-refractivity contribution >= 4 is 23.5 Å². The molecule has 0 radical (unpaired) electrons. The van der Waals surface area contributed by atoms with Gasteiger partial charge in [0, 0.05) is 18.8 Å². The molecule has 0 spiro atoms. The monoisotopic (exact) mass is 318 g/mol. The van der Waals surface area contributed by atoms with Crippen molar-refractivity contribution < 1.29 is 14.4 Å². The molecule has 0 bridgehead atoms. The van der Waals surface area contributed by atoms with E-state index in [0.29, 0.717) is 13.1 Å². The highest BCUT2D eigenvalue weighted by atomic mass is 16.2. The molecule has 0 saturated carbocycles. The highest BCUT2D eigenvalue weighted by Crippen LogP contribution is 2.15. The first-order chi connectivity index (χ1) is 11.0.